The fraction of sp³-hybridized carbons (Fsp3) is 0.529. The molecule has 1 N–H and O–H groups in total. The summed E-state index contributed by atoms with van der Waals surface area (Å²) in [5.74, 6) is 2.55. The minimum Gasteiger partial charge on any atom is -0.484 e. The Bertz CT molecular complexity index is 564. The molecule has 22 heavy (non-hydrogen) atoms. The Morgan fingerprint density at radius 3 is 2.59 bits per heavy atom. The summed E-state index contributed by atoms with van der Waals surface area (Å²) >= 11 is 0. The largest absolute Gasteiger partial charge is 0.484 e. The number of aliphatic hydroxyl groups is 1. The molecule has 0 aliphatic rings. The van der Waals surface area contributed by atoms with Crippen LogP contribution in [0.1, 0.15) is 57.0 Å². The second-order valence-corrected chi connectivity index (χ2v) is 5.82. The number of ether oxygens (including phenoxy) is 1. The number of aryl methyl sites for hydroxylation is 1. The van der Waals surface area contributed by atoms with Crippen molar-refractivity contribution in [1.29, 1.82) is 0 Å². The molecule has 1 aromatic carbocycles. The van der Waals surface area contributed by atoms with Crippen LogP contribution in [0, 0.1) is 5.92 Å². The Morgan fingerprint density at radius 2 is 1.95 bits per heavy atom. The lowest BCUT2D eigenvalue weighted by Gasteiger charge is -2.09. The number of nitrogens with zero attached hydrogens (tertiary/aromatic N) is 2. The molecule has 2 aromatic rings. The number of hydrogen-bond donors (Lipinski definition) is 1. The molecule has 0 amide bonds. The molecule has 5 heteroatoms. The molecule has 1 aromatic heterocycles. The van der Waals surface area contributed by atoms with E-state index in [1.807, 2.05) is 31.2 Å². The van der Waals surface area contributed by atoms with Gasteiger partial charge in [0.15, 0.2) is 12.4 Å². The Kier molecular flexibility index (Phi) is 5.95. The number of hydrogen-bond acceptors (Lipinski definition) is 5. The Hall–Kier alpha value is -1.88. The van der Waals surface area contributed by atoms with Gasteiger partial charge in [0, 0.05) is 6.42 Å². The first-order valence-electron chi connectivity index (χ1n) is 7.80. The molecule has 1 heterocycles. The number of rotatable bonds is 8. The van der Waals surface area contributed by atoms with Crippen LogP contribution < -0.4 is 4.74 Å². The number of benzene rings is 1. The molecule has 5 nitrogen and oxygen atoms in total. The topological polar surface area (TPSA) is 68.4 Å². The maximum absolute atomic E-state index is 9.75. The summed E-state index contributed by atoms with van der Waals surface area (Å²) in [5, 5.41) is 13.7. The van der Waals surface area contributed by atoms with Crippen LogP contribution in [0.25, 0.3) is 0 Å². The van der Waals surface area contributed by atoms with Crippen molar-refractivity contribution in [1.82, 2.24) is 10.1 Å². The summed E-state index contributed by atoms with van der Waals surface area (Å²) in [4.78, 5) is 4.31. The molecule has 0 spiro atoms. The van der Waals surface area contributed by atoms with Gasteiger partial charge in [-0.1, -0.05) is 38.1 Å². The Labute approximate surface area is 131 Å². The van der Waals surface area contributed by atoms with Crippen LogP contribution in [0.5, 0.6) is 5.75 Å². The van der Waals surface area contributed by atoms with E-state index in [9.17, 15) is 5.11 Å². The van der Waals surface area contributed by atoms with Gasteiger partial charge in [-0.2, -0.15) is 4.98 Å². The average molecular weight is 304 g/mol. The van der Waals surface area contributed by atoms with Gasteiger partial charge < -0.3 is 14.4 Å². The molecule has 1 unspecified atom stereocenters. The zero-order valence-electron chi connectivity index (χ0n) is 13.5. The van der Waals surface area contributed by atoms with E-state index in [1.54, 1.807) is 0 Å². The highest BCUT2D eigenvalue weighted by atomic mass is 16.5. The maximum Gasteiger partial charge on any atom is 0.264 e. The van der Waals surface area contributed by atoms with Crippen molar-refractivity contribution in [3.8, 4) is 5.75 Å². The fourth-order valence-corrected chi connectivity index (χ4v) is 2.04. The van der Waals surface area contributed by atoms with Crippen molar-refractivity contribution in [2.45, 2.75) is 52.7 Å². The zero-order chi connectivity index (χ0) is 15.9. The predicted octanol–water partition coefficient (Wildman–Crippen LogP) is 3.68. The smallest absolute Gasteiger partial charge is 0.264 e. The first kappa shape index (κ1) is 16.5. The van der Waals surface area contributed by atoms with Gasteiger partial charge in [-0.3, -0.25) is 0 Å². The van der Waals surface area contributed by atoms with E-state index >= 15 is 0 Å². The average Bonchev–Trinajstić information content (AvgIpc) is 2.98. The highest BCUT2D eigenvalue weighted by Gasteiger charge is 2.09. The molecule has 120 valence electrons. The lowest BCUT2D eigenvalue weighted by Crippen LogP contribution is -1.98. The van der Waals surface area contributed by atoms with Crippen molar-refractivity contribution in [2.75, 3.05) is 0 Å². The van der Waals surface area contributed by atoms with Crippen LogP contribution in [-0.4, -0.2) is 15.2 Å². The molecule has 0 radical (unpaired) electrons. The van der Waals surface area contributed by atoms with E-state index in [0.29, 0.717) is 24.0 Å². The molecule has 0 fully saturated rings. The summed E-state index contributed by atoms with van der Waals surface area (Å²) < 4.78 is 10.8. The molecule has 0 aliphatic heterocycles. The Morgan fingerprint density at radius 1 is 1.23 bits per heavy atom. The third kappa shape index (κ3) is 4.84. The van der Waals surface area contributed by atoms with Crippen LogP contribution in [0.2, 0.25) is 0 Å². The van der Waals surface area contributed by atoms with Crippen LogP contribution in [-0.2, 0) is 13.0 Å². The first-order valence-corrected chi connectivity index (χ1v) is 7.80. The number of aromatic nitrogens is 2. The van der Waals surface area contributed by atoms with E-state index in [2.05, 4.69) is 24.0 Å². The predicted molar refractivity (Wildman–Crippen MR) is 83.5 cm³/mol. The van der Waals surface area contributed by atoms with Crippen molar-refractivity contribution >= 4 is 0 Å². The molecule has 2 rings (SSSR count). The van der Waals surface area contributed by atoms with Crippen LogP contribution >= 0.6 is 0 Å². The van der Waals surface area contributed by atoms with E-state index in [0.717, 1.165) is 24.2 Å². The maximum atomic E-state index is 9.75. The van der Waals surface area contributed by atoms with E-state index in [-0.39, 0.29) is 6.61 Å². The highest BCUT2D eigenvalue weighted by molar-refractivity contribution is 5.28. The van der Waals surface area contributed by atoms with Gasteiger partial charge in [0.25, 0.3) is 5.89 Å². The SMILES string of the molecule is CCC(O)c1ccc(OCc2nc(CCC(C)C)no2)cc1. The minimum absolute atomic E-state index is 0.254. The molecular formula is C17H24N2O3. The van der Waals surface area contributed by atoms with E-state index in [4.69, 9.17) is 9.26 Å². The van der Waals surface area contributed by atoms with Crippen molar-refractivity contribution in [3.63, 3.8) is 0 Å². The summed E-state index contributed by atoms with van der Waals surface area (Å²) in [6.07, 6.45) is 2.14. The molecule has 1 atom stereocenters. The number of aliphatic hydroxyl groups excluding tert-OH is 1. The third-order valence-corrected chi connectivity index (χ3v) is 3.47. The van der Waals surface area contributed by atoms with E-state index < -0.39 is 6.10 Å². The normalized spacial score (nSPS) is 12.6. The second kappa shape index (κ2) is 7.94. The third-order valence-electron chi connectivity index (χ3n) is 3.47. The van der Waals surface area contributed by atoms with Gasteiger partial charge in [0.2, 0.25) is 0 Å². The van der Waals surface area contributed by atoms with Crippen LogP contribution in [0.4, 0.5) is 0 Å². The fourth-order valence-electron chi connectivity index (χ4n) is 2.04. The quantitative estimate of drug-likeness (QED) is 0.805. The van der Waals surface area contributed by atoms with Crippen LogP contribution in [0.3, 0.4) is 0 Å². The summed E-state index contributed by atoms with van der Waals surface area (Å²) in [6, 6.07) is 7.41. The first-order chi connectivity index (χ1) is 10.6. The van der Waals surface area contributed by atoms with Gasteiger partial charge >= 0.3 is 0 Å². The zero-order valence-corrected chi connectivity index (χ0v) is 13.5. The minimum atomic E-state index is -0.423. The van der Waals surface area contributed by atoms with E-state index in [1.165, 1.54) is 0 Å². The van der Waals surface area contributed by atoms with Crippen molar-refractivity contribution in [2.24, 2.45) is 5.92 Å². The molecule has 0 aliphatic carbocycles. The monoisotopic (exact) mass is 304 g/mol. The van der Waals surface area contributed by atoms with Gasteiger partial charge in [0.05, 0.1) is 6.10 Å². The molecule has 0 saturated heterocycles. The van der Waals surface area contributed by atoms with Crippen molar-refractivity contribution in [3.05, 3.63) is 41.5 Å². The van der Waals surface area contributed by atoms with Gasteiger partial charge in [-0.15, -0.1) is 0 Å². The molecule has 0 saturated carbocycles. The van der Waals surface area contributed by atoms with Gasteiger partial charge in [-0.25, -0.2) is 0 Å². The summed E-state index contributed by atoms with van der Waals surface area (Å²) in [5.41, 5.74) is 0.892. The Balaban J connectivity index is 1.85. The lowest BCUT2D eigenvalue weighted by molar-refractivity contribution is 0.173. The summed E-state index contributed by atoms with van der Waals surface area (Å²) in [6.45, 7) is 6.54. The second-order valence-electron chi connectivity index (χ2n) is 5.82. The standard InChI is InChI=1S/C17H24N2O3/c1-4-15(20)13-6-8-14(9-7-13)21-11-17-18-16(19-22-17)10-5-12(2)3/h6-9,12,15,20H,4-5,10-11H2,1-3H3. The van der Waals surface area contributed by atoms with Crippen molar-refractivity contribution < 1.29 is 14.4 Å². The van der Waals surface area contributed by atoms with Crippen LogP contribution in [0.15, 0.2) is 28.8 Å². The van der Waals surface area contributed by atoms with Gasteiger partial charge in [-0.05, 0) is 36.5 Å². The highest BCUT2D eigenvalue weighted by Crippen LogP contribution is 2.20. The van der Waals surface area contributed by atoms with Gasteiger partial charge in [0.1, 0.15) is 5.75 Å². The summed E-state index contributed by atoms with van der Waals surface area (Å²) in [7, 11) is 0. The molecule has 0 bridgehead atoms. The molecular weight excluding hydrogens is 280 g/mol. The lowest BCUT2D eigenvalue weighted by atomic mass is 10.1.